The third-order valence-corrected chi connectivity index (χ3v) is 6.07. The zero-order valence-electron chi connectivity index (χ0n) is 17.2. The van der Waals surface area contributed by atoms with Crippen LogP contribution in [0.5, 0.6) is 0 Å². The first kappa shape index (κ1) is 19.6. The highest BCUT2D eigenvalue weighted by atomic mass is 19.1. The summed E-state index contributed by atoms with van der Waals surface area (Å²) in [7, 11) is 1.95. The van der Waals surface area contributed by atoms with Crippen molar-refractivity contribution in [2.24, 2.45) is 0 Å². The monoisotopic (exact) mass is 399 g/mol. The van der Waals surface area contributed by atoms with Gasteiger partial charge in [0.15, 0.2) is 0 Å². The molecule has 154 valence electrons. The third kappa shape index (κ3) is 3.13. The van der Waals surface area contributed by atoms with Crippen LogP contribution in [0.4, 0.5) is 10.1 Å². The summed E-state index contributed by atoms with van der Waals surface area (Å²) in [6.07, 6.45) is 3.46. The van der Waals surface area contributed by atoms with Gasteiger partial charge in [-0.15, -0.1) is 0 Å². The molecule has 1 aliphatic carbocycles. The van der Waals surface area contributed by atoms with E-state index in [0.29, 0.717) is 30.3 Å². The van der Waals surface area contributed by atoms with E-state index >= 15 is 4.39 Å². The number of nitrogens with one attached hydrogen (secondary N) is 1. The number of aromatic nitrogens is 1. The van der Waals surface area contributed by atoms with Crippen LogP contribution in [0, 0.1) is 5.82 Å². The van der Waals surface area contributed by atoms with Gasteiger partial charge in [-0.1, -0.05) is 0 Å². The second-order valence-electron chi connectivity index (χ2n) is 8.90. The number of hydrogen-bond acceptors (Lipinski definition) is 4. The van der Waals surface area contributed by atoms with E-state index in [0.717, 1.165) is 12.8 Å². The Hall–Kier alpha value is -2.67. The summed E-state index contributed by atoms with van der Waals surface area (Å²) in [5.41, 5.74) is 2.20. The van der Waals surface area contributed by atoms with Gasteiger partial charge in [0.2, 0.25) is 5.43 Å². The number of rotatable bonds is 3. The van der Waals surface area contributed by atoms with Gasteiger partial charge in [-0.2, -0.15) is 0 Å². The fourth-order valence-electron chi connectivity index (χ4n) is 4.57. The van der Waals surface area contributed by atoms with E-state index < -0.39 is 22.8 Å². The van der Waals surface area contributed by atoms with Gasteiger partial charge in [0, 0.05) is 36.3 Å². The van der Waals surface area contributed by atoms with Gasteiger partial charge in [-0.05, 0) is 63.9 Å². The van der Waals surface area contributed by atoms with Crippen LogP contribution in [0.3, 0.4) is 0 Å². The molecule has 6 nitrogen and oxygen atoms in total. The van der Waals surface area contributed by atoms with Crippen molar-refractivity contribution in [2.75, 3.05) is 25.0 Å². The van der Waals surface area contributed by atoms with Crippen molar-refractivity contribution in [3.8, 4) is 0 Å². The predicted molar refractivity (Wildman–Crippen MR) is 111 cm³/mol. The summed E-state index contributed by atoms with van der Waals surface area (Å²) in [5, 5.41) is 12.8. The van der Waals surface area contributed by atoms with Crippen molar-refractivity contribution in [1.82, 2.24) is 9.88 Å². The van der Waals surface area contributed by atoms with Gasteiger partial charge in [-0.3, -0.25) is 4.79 Å². The van der Waals surface area contributed by atoms with Crippen molar-refractivity contribution in [2.45, 2.75) is 45.2 Å². The van der Waals surface area contributed by atoms with Gasteiger partial charge < -0.3 is 19.9 Å². The Morgan fingerprint density at radius 2 is 2.00 bits per heavy atom. The van der Waals surface area contributed by atoms with Crippen LogP contribution in [-0.4, -0.2) is 41.8 Å². The number of likely N-dealkylation sites (N-methyl/N-ethyl adjacent to an activating group) is 1. The van der Waals surface area contributed by atoms with Crippen LogP contribution in [-0.2, 0) is 5.54 Å². The van der Waals surface area contributed by atoms with Crippen LogP contribution in [0.1, 0.15) is 44.0 Å². The van der Waals surface area contributed by atoms with Gasteiger partial charge in [0.25, 0.3) is 0 Å². The van der Waals surface area contributed by atoms with Gasteiger partial charge in [-0.25, -0.2) is 9.18 Å². The molecule has 0 fully saturated rings. The molecule has 2 aromatic rings. The lowest BCUT2D eigenvalue weighted by molar-refractivity contribution is 0.0694. The molecule has 0 spiro atoms. The maximum absolute atomic E-state index is 15.1. The van der Waals surface area contributed by atoms with Gasteiger partial charge in [0.1, 0.15) is 11.4 Å². The highest BCUT2D eigenvalue weighted by Crippen LogP contribution is 2.37. The molecule has 29 heavy (non-hydrogen) atoms. The highest BCUT2D eigenvalue weighted by molar-refractivity contribution is 5.93. The molecule has 0 amide bonds. The van der Waals surface area contributed by atoms with Crippen molar-refractivity contribution >= 4 is 22.6 Å². The SMILES string of the molecule is CNC1CCC2=C1CN(c1cc3c(cc1F)c(=O)c(C(=O)O)cn3C(C)(C)C)C2. The molecule has 2 N–H and O–H groups in total. The third-order valence-electron chi connectivity index (χ3n) is 6.07. The first-order valence-electron chi connectivity index (χ1n) is 9.87. The number of pyridine rings is 1. The first-order chi connectivity index (χ1) is 13.6. The molecule has 1 aromatic heterocycles. The molecule has 1 atom stereocenters. The average molecular weight is 399 g/mol. The molecule has 0 saturated heterocycles. The van der Waals surface area contributed by atoms with Crippen LogP contribution >= 0.6 is 0 Å². The number of carbonyl (C=O) groups is 1. The number of carboxylic acids is 1. The van der Waals surface area contributed by atoms with Gasteiger partial charge in [0.05, 0.1) is 11.2 Å². The van der Waals surface area contributed by atoms with E-state index in [9.17, 15) is 14.7 Å². The Kier molecular flexibility index (Phi) is 4.53. The molecule has 2 aliphatic rings. The number of aromatic carboxylic acids is 1. The number of hydrogen-bond donors (Lipinski definition) is 2. The van der Waals surface area contributed by atoms with E-state index in [1.165, 1.54) is 23.4 Å². The maximum Gasteiger partial charge on any atom is 0.341 e. The van der Waals surface area contributed by atoms with Crippen LogP contribution in [0.15, 0.2) is 34.3 Å². The lowest BCUT2D eigenvalue weighted by Gasteiger charge is -2.28. The largest absolute Gasteiger partial charge is 0.477 e. The van der Waals surface area contributed by atoms with Gasteiger partial charge >= 0.3 is 5.97 Å². The number of fused-ring (bicyclic) bond motifs is 1. The smallest absolute Gasteiger partial charge is 0.341 e. The zero-order chi connectivity index (χ0) is 21.1. The molecule has 1 aromatic carbocycles. The Labute approximate surface area is 168 Å². The van der Waals surface area contributed by atoms with Crippen LogP contribution in [0.25, 0.3) is 10.9 Å². The Bertz CT molecular complexity index is 1110. The molecule has 0 bridgehead atoms. The Balaban J connectivity index is 1.86. The number of anilines is 1. The van der Waals surface area contributed by atoms with Crippen molar-refractivity contribution in [3.63, 3.8) is 0 Å². The maximum atomic E-state index is 15.1. The van der Waals surface area contributed by atoms with E-state index in [1.807, 2.05) is 32.7 Å². The zero-order valence-corrected chi connectivity index (χ0v) is 17.2. The summed E-state index contributed by atoms with van der Waals surface area (Å²) in [6.45, 7) is 7.12. The Morgan fingerprint density at radius 3 is 2.62 bits per heavy atom. The quantitative estimate of drug-likeness (QED) is 0.776. The fraction of sp³-hybridized carbons (Fsp3) is 0.455. The molecule has 0 saturated carbocycles. The van der Waals surface area contributed by atoms with E-state index in [2.05, 4.69) is 5.32 Å². The van der Waals surface area contributed by atoms with E-state index in [1.54, 1.807) is 10.6 Å². The second-order valence-corrected chi connectivity index (χ2v) is 8.90. The molecule has 1 unspecified atom stereocenters. The molecule has 7 heteroatoms. The predicted octanol–water partition coefficient (Wildman–Crippen LogP) is 3.09. The van der Waals surface area contributed by atoms with Crippen molar-refractivity contribution in [3.05, 3.63) is 51.1 Å². The Morgan fingerprint density at radius 1 is 1.28 bits per heavy atom. The normalized spacial score (nSPS) is 19.3. The summed E-state index contributed by atoms with van der Waals surface area (Å²) < 4.78 is 16.8. The number of benzene rings is 1. The summed E-state index contributed by atoms with van der Waals surface area (Å²) >= 11 is 0. The van der Waals surface area contributed by atoms with Crippen LogP contribution in [0.2, 0.25) is 0 Å². The molecule has 1 aliphatic heterocycles. The van der Waals surface area contributed by atoms with E-state index in [4.69, 9.17) is 0 Å². The average Bonchev–Trinajstić information content (AvgIpc) is 3.21. The first-order valence-corrected chi connectivity index (χ1v) is 9.87. The van der Waals surface area contributed by atoms with Crippen LogP contribution < -0.4 is 15.6 Å². The number of nitrogens with zero attached hydrogens (tertiary/aromatic N) is 2. The molecule has 0 radical (unpaired) electrons. The minimum atomic E-state index is -1.31. The number of halogens is 1. The van der Waals surface area contributed by atoms with Crippen molar-refractivity contribution < 1.29 is 14.3 Å². The minimum Gasteiger partial charge on any atom is -0.477 e. The fourth-order valence-corrected chi connectivity index (χ4v) is 4.57. The second kappa shape index (κ2) is 6.69. The highest BCUT2D eigenvalue weighted by Gasteiger charge is 2.33. The van der Waals surface area contributed by atoms with E-state index in [-0.39, 0.29) is 10.9 Å². The molecule has 2 heterocycles. The topological polar surface area (TPSA) is 74.6 Å². The summed E-state index contributed by atoms with van der Waals surface area (Å²) in [4.78, 5) is 26.2. The summed E-state index contributed by atoms with van der Waals surface area (Å²) in [5.74, 6) is -1.81. The molecule has 4 rings (SSSR count). The lowest BCUT2D eigenvalue weighted by atomic mass is 10.0. The lowest BCUT2D eigenvalue weighted by Crippen LogP contribution is -2.31. The summed E-state index contributed by atoms with van der Waals surface area (Å²) in [6, 6.07) is 3.23. The molecular formula is C22H26FN3O3. The van der Waals surface area contributed by atoms with Crippen molar-refractivity contribution in [1.29, 1.82) is 0 Å². The minimum absolute atomic E-state index is 0.0915. The number of carboxylic acid groups (broad SMARTS) is 1. The molecular weight excluding hydrogens is 373 g/mol. The standard InChI is InChI=1S/C22H26FN3O3/c1-22(2,3)26-11-15(21(28)29)20(27)13-7-16(23)19(8-18(13)26)25-9-12-5-6-17(24-4)14(12)10-25/h7-8,11,17,24H,5-6,9-10H2,1-4H3,(H,28,29).